The Hall–Kier alpha value is -0.910. The number of aliphatic hydroxyl groups is 3. The predicted molar refractivity (Wildman–Crippen MR) is 35.1 cm³/mol. The summed E-state index contributed by atoms with van der Waals surface area (Å²) in [7, 11) is 0. The van der Waals surface area contributed by atoms with Gasteiger partial charge in [-0.1, -0.05) is 6.58 Å². The molecule has 64 valence electrons. The number of aliphatic hydroxyl groups excluding tert-OH is 1. The molecule has 0 rings (SSSR count). The Labute approximate surface area is 63.5 Å². The van der Waals surface area contributed by atoms with Crippen LogP contribution >= 0.6 is 0 Å². The Kier molecular flexibility index (Phi) is 3.18. The largest absolute Gasteiger partial charge is 0.427 e. The van der Waals surface area contributed by atoms with Gasteiger partial charge in [0.1, 0.15) is 0 Å². The minimum absolute atomic E-state index is 0.801. The van der Waals surface area contributed by atoms with Gasteiger partial charge in [-0.25, -0.2) is 4.79 Å². The molecule has 0 bridgehead atoms. The van der Waals surface area contributed by atoms with Crippen molar-refractivity contribution in [2.75, 3.05) is 0 Å². The van der Waals surface area contributed by atoms with Gasteiger partial charge in [0.05, 0.1) is 0 Å². The molecule has 0 aromatic carbocycles. The minimum Gasteiger partial charge on any atom is -0.427 e. The van der Waals surface area contributed by atoms with Crippen LogP contribution in [0.5, 0.6) is 0 Å². The summed E-state index contributed by atoms with van der Waals surface area (Å²) in [5, 5.41) is 25.9. The van der Waals surface area contributed by atoms with Crippen LogP contribution in [0.15, 0.2) is 12.7 Å². The topological polar surface area (TPSA) is 87.0 Å². The fraction of sp³-hybridized carbons (Fsp3) is 0.500. The van der Waals surface area contributed by atoms with Crippen molar-refractivity contribution in [2.45, 2.75) is 19.0 Å². The second kappa shape index (κ2) is 3.47. The molecule has 0 aliphatic rings. The quantitative estimate of drug-likeness (QED) is 0.274. The zero-order chi connectivity index (χ0) is 9.07. The maximum absolute atomic E-state index is 10.3. The molecule has 0 aliphatic carbocycles. The minimum atomic E-state index is -2.45. The lowest BCUT2D eigenvalue weighted by Gasteiger charge is -2.21. The Morgan fingerprint density at radius 3 is 2.45 bits per heavy atom. The lowest BCUT2D eigenvalue weighted by atomic mass is 10.3. The van der Waals surface area contributed by atoms with Crippen molar-refractivity contribution in [3.05, 3.63) is 12.7 Å². The van der Waals surface area contributed by atoms with Gasteiger partial charge in [0.25, 0.3) is 6.29 Å². The molecule has 0 aliphatic heterocycles. The first-order valence-corrected chi connectivity index (χ1v) is 2.83. The number of carbonyl (C=O) groups is 1. The number of hydrogen-bond donors (Lipinski definition) is 3. The van der Waals surface area contributed by atoms with Crippen molar-refractivity contribution in [3.63, 3.8) is 0 Å². The Morgan fingerprint density at radius 2 is 2.18 bits per heavy atom. The number of hydrogen-bond acceptors (Lipinski definition) is 5. The molecule has 0 saturated heterocycles. The first-order chi connectivity index (χ1) is 4.88. The normalized spacial score (nSPS) is 13.8. The van der Waals surface area contributed by atoms with E-state index in [0.29, 0.717) is 0 Å². The van der Waals surface area contributed by atoms with Crippen LogP contribution in [0.4, 0.5) is 0 Å². The molecule has 0 fully saturated rings. The van der Waals surface area contributed by atoms with Crippen LogP contribution in [0.25, 0.3) is 0 Å². The average Bonchev–Trinajstić information content (AvgIpc) is 1.85. The highest BCUT2D eigenvalue weighted by Crippen LogP contribution is 2.06. The summed E-state index contributed by atoms with van der Waals surface area (Å²) in [5.41, 5.74) is 0. The summed E-state index contributed by atoms with van der Waals surface area (Å²) < 4.78 is 4.06. The molecule has 11 heavy (non-hydrogen) atoms. The second-order valence-electron chi connectivity index (χ2n) is 2.09. The van der Waals surface area contributed by atoms with Gasteiger partial charge in [-0.05, 0) is 6.92 Å². The van der Waals surface area contributed by atoms with E-state index >= 15 is 0 Å². The SMILES string of the molecule is C=CC(=O)OC(O)C(C)(O)O. The van der Waals surface area contributed by atoms with Gasteiger partial charge in [-0.3, -0.25) is 0 Å². The van der Waals surface area contributed by atoms with Gasteiger partial charge in [0.15, 0.2) is 0 Å². The maximum Gasteiger partial charge on any atom is 0.332 e. The zero-order valence-corrected chi connectivity index (χ0v) is 6.02. The number of esters is 1. The number of rotatable bonds is 3. The highest BCUT2D eigenvalue weighted by Gasteiger charge is 2.29. The van der Waals surface area contributed by atoms with E-state index in [-0.39, 0.29) is 0 Å². The summed E-state index contributed by atoms with van der Waals surface area (Å²) in [5.74, 6) is -3.37. The lowest BCUT2D eigenvalue weighted by Crippen LogP contribution is -2.41. The summed E-state index contributed by atoms with van der Waals surface area (Å²) in [6, 6.07) is 0. The van der Waals surface area contributed by atoms with E-state index < -0.39 is 18.0 Å². The van der Waals surface area contributed by atoms with Crippen LogP contribution in [-0.2, 0) is 9.53 Å². The molecular weight excluding hydrogens is 152 g/mol. The molecular formula is C6H10O5. The highest BCUT2D eigenvalue weighted by atomic mass is 16.7. The smallest absolute Gasteiger partial charge is 0.332 e. The molecule has 0 spiro atoms. The predicted octanol–water partition coefficient (Wildman–Crippen LogP) is -1.27. The van der Waals surface area contributed by atoms with Gasteiger partial charge < -0.3 is 20.1 Å². The fourth-order valence-corrected chi connectivity index (χ4v) is 0.270. The standard InChI is InChI=1S/C6H10O5/c1-3-4(7)11-5(8)6(2,9)10/h3,5,8-10H,1H2,2H3. The van der Waals surface area contributed by atoms with E-state index in [1.165, 1.54) is 0 Å². The average molecular weight is 162 g/mol. The number of carbonyl (C=O) groups excluding carboxylic acids is 1. The van der Waals surface area contributed by atoms with Gasteiger partial charge in [0, 0.05) is 6.08 Å². The molecule has 1 atom stereocenters. The van der Waals surface area contributed by atoms with E-state index in [1.54, 1.807) is 0 Å². The van der Waals surface area contributed by atoms with Crippen molar-refractivity contribution in [1.29, 1.82) is 0 Å². The molecule has 0 aromatic rings. The Balaban J connectivity index is 3.97. The van der Waals surface area contributed by atoms with Crippen molar-refractivity contribution in [2.24, 2.45) is 0 Å². The zero-order valence-electron chi connectivity index (χ0n) is 6.02. The molecule has 3 N–H and O–H groups in total. The van der Waals surface area contributed by atoms with Crippen molar-refractivity contribution >= 4 is 5.97 Å². The van der Waals surface area contributed by atoms with Crippen LogP contribution in [0, 0.1) is 0 Å². The summed E-state index contributed by atoms with van der Waals surface area (Å²) in [6.07, 6.45) is -1.16. The number of ether oxygens (including phenoxy) is 1. The van der Waals surface area contributed by atoms with Gasteiger partial charge in [-0.2, -0.15) is 0 Å². The Bertz CT molecular complexity index is 157. The lowest BCUT2D eigenvalue weighted by molar-refractivity contribution is -0.284. The van der Waals surface area contributed by atoms with Crippen LogP contribution < -0.4 is 0 Å². The van der Waals surface area contributed by atoms with Gasteiger partial charge >= 0.3 is 5.97 Å². The molecule has 5 heteroatoms. The Morgan fingerprint density at radius 1 is 1.73 bits per heavy atom. The van der Waals surface area contributed by atoms with E-state index in [2.05, 4.69) is 11.3 Å². The summed E-state index contributed by atoms with van der Waals surface area (Å²) in [6.45, 7) is 3.93. The molecule has 5 nitrogen and oxygen atoms in total. The van der Waals surface area contributed by atoms with E-state index in [9.17, 15) is 4.79 Å². The van der Waals surface area contributed by atoms with Gasteiger partial charge in [-0.15, -0.1) is 0 Å². The second-order valence-corrected chi connectivity index (χ2v) is 2.09. The van der Waals surface area contributed by atoms with Crippen LogP contribution in [0.2, 0.25) is 0 Å². The highest BCUT2D eigenvalue weighted by molar-refractivity contribution is 5.81. The third-order valence-electron chi connectivity index (χ3n) is 0.862. The first kappa shape index (κ1) is 10.1. The van der Waals surface area contributed by atoms with Crippen molar-refractivity contribution in [3.8, 4) is 0 Å². The van der Waals surface area contributed by atoms with E-state index in [1.807, 2.05) is 0 Å². The van der Waals surface area contributed by atoms with Crippen molar-refractivity contribution < 1.29 is 24.9 Å². The molecule has 0 heterocycles. The monoisotopic (exact) mass is 162 g/mol. The molecule has 1 unspecified atom stereocenters. The van der Waals surface area contributed by atoms with E-state index in [0.717, 1.165) is 13.0 Å². The van der Waals surface area contributed by atoms with E-state index in [4.69, 9.17) is 15.3 Å². The molecule has 0 aromatic heterocycles. The maximum atomic E-state index is 10.3. The molecule has 0 saturated carbocycles. The third-order valence-corrected chi connectivity index (χ3v) is 0.862. The molecule has 0 radical (unpaired) electrons. The van der Waals surface area contributed by atoms with Crippen LogP contribution in [0.3, 0.4) is 0 Å². The van der Waals surface area contributed by atoms with Gasteiger partial charge in [0.2, 0.25) is 5.79 Å². The van der Waals surface area contributed by atoms with Crippen LogP contribution in [0.1, 0.15) is 6.92 Å². The fourth-order valence-electron chi connectivity index (χ4n) is 0.270. The van der Waals surface area contributed by atoms with Crippen LogP contribution in [-0.4, -0.2) is 33.4 Å². The molecule has 0 amide bonds. The first-order valence-electron chi connectivity index (χ1n) is 2.83. The summed E-state index contributed by atoms with van der Waals surface area (Å²) in [4.78, 5) is 10.3. The van der Waals surface area contributed by atoms with Crippen molar-refractivity contribution in [1.82, 2.24) is 0 Å². The summed E-state index contributed by atoms with van der Waals surface area (Å²) >= 11 is 0. The third kappa shape index (κ3) is 3.72.